The molecule has 0 spiro atoms. The van der Waals surface area contributed by atoms with Gasteiger partial charge >= 0.3 is 0 Å². The molecule has 34 heavy (non-hydrogen) atoms. The molecule has 0 saturated carbocycles. The summed E-state index contributed by atoms with van der Waals surface area (Å²) in [7, 11) is 2.53. The molecule has 0 radical (unpaired) electrons. The van der Waals surface area contributed by atoms with Crippen molar-refractivity contribution < 1.29 is 18.9 Å². The topological polar surface area (TPSA) is 36.9 Å². The molecule has 0 saturated heterocycles. The van der Waals surface area contributed by atoms with E-state index >= 15 is 0 Å². The van der Waals surface area contributed by atoms with E-state index < -0.39 is 7.92 Å². The molecule has 5 heteroatoms. The second-order valence-electron chi connectivity index (χ2n) is 11.4. The van der Waals surface area contributed by atoms with Gasteiger partial charge in [-0.15, -0.1) is 0 Å². The van der Waals surface area contributed by atoms with Gasteiger partial charge in [-0.2, -0.15) is 0 Å². The van der Waals surface area contributed by atoms with Gasteiger partial charge in [-0.3, -0.25) is 0 Å². The van der Waals surface area contributed by atoms with Crippen molar-refractivity contribution >= 4 is 18.5 Å². The molecule has 0 aliphatic carbocycles. The average Bonchev–Trinajstić information content (AvgIpc) is 2.70. The molecule has 0 aliphatic heterocycles. The summed E-state index contributed by atoms with van der Waals surface area (Å²) < 4.78 is 23.4. The van der Waals surface area contributed by atoms with E-state index in [1.54, 1.807) is 14.2 Å². The molecule has 2 aromatic rings. The van der Waals surface area contributed by atoms with Crippen LogP contribution in [0.5, 0.6) is 11.5 Å². The Morgan fingerprint density at radius 2 is 1.03 bits per heavy atom. The van der Waals surface area contributed by atoms with Crippen LogP contribution in [0.4, 0.5) is 0 Å². The summed E-state index contributed by atoms with van der Waals surface area (Å²) in [6.45, 7) is 22.8. The molecule has 190 valence electrons. The van der Waals surface area contributed by atoms with Gasteiger partial charge in [-0.05, 0) is 61.5 Å². The summed E-state index contributed by atoms with van der Waals surface area (Å²) in [5.41, 5.74) is 5.11. The normalized spacial score (nSPS) is 12.5. The molecule has 0 fully saturated rings. The highest BCUT2D eigenvalue weighted by Crippen LogP contribution is 2.49. The van der Waals surface area contributed by atoms with Crippen LogP contribution in [0.15, 0.2) is 24.3 Å². The van der Waals surface area contributed by atoms with Gasteiger partial charge in [0.2, 0.25) is 0 Å². The van der Waals surface area contributed by atoms with E-state index in [4.69, 9.17) is 18.9 Å². The first-order valence-electron chi connectivity index (χ1n) is 12.0. The Kier molecular flexibility index (Phi) is 9.61. The number of benzene rings is 2. The van der Waals surface area contributed by atoms with Crippen LogP contribution < -0.4 is 20.1 Å². The van der Waals surface area contributed by atoms with Crippen molar-refractivity contribution in [1.29, 1.82) is 0 Å². The monoisotopic (exact) mass is 488 g/mol. The van der Waals surface area contributed by atoms with Crippen molar-refractivity contribution in [3.8, 4) is 11.5 Å². The standard InChI is InChI=1S/C29H45O4P/c1-19(2)34(24-15-20(3)13-22(28(5,6)7)26(24)32-17-30-11)25-16-21(4)14-23(29(8,9)10)27(25)33-18-31-12/h13-16,19H,17-18H2,1-12H3. The van der Waals surface area contributed by atoms with Gasteiger partial charge in [0.1, 0.15) is 11.5 Å². The lowest BCUT2D eigenvalue weighted by Gasteiger charge is -2.33. The molecule has 2 aromatic carbocycles. The summed E-state index contributed by atoms with van der Waals surface area (Å²) >= 11 is 0. The average molecular weight is 489 g/mol. The lowest BCUT2D eigenvalue weighted by atomic mass is 9.85. The van der Waals surface area contributed by atoms with Crippen molar-refractivity contribution in [1.82, 2.24) is 0 Å². The number of methoxy groups -OCH3 is 2. The van der Waals surface area contributed by atoms with Gasteiger partial charge < -0.3 is 18.9 Å². The number of aryl methyl sites for hydroxylation is 2. The lowest BCUT2D eigenvalue weighted by Crippen LogP contribution is -2.28. The fraction of sp³-hybridized carbons (Fsp3) is 0.586. The largest absolute Gasteiger partial charge is 0.467 e. The van der Waals surface area contributed by atoms with Gasteiger partial charge in [0.15, 0.2) is 13.6 Å². The molecule has 0 bridgehead atoms. The molecule has 0 aliphatic rings. The summed E-state index contributed by atoms with van der Waals surface area (Å²) in [6, 6.07) is 9.10. The van der Waals surface area contributed by atoms with Gasteiger partial charge in [0, 0.05) is 36.0 Å². The van der Waals surface area contributed by atoms with E-state index in [0.717, 1.165) is 11.5 Å². The molecule has 2 rings (SSSR count). The van der Waals surface area contributed by atoms with Crippen molar-refractivity contribution in [2.45, 2.75) is 85.7 Å². The van der Waals surface area contributed by atoms with E-state index in [1.807, 2.05) is 0 Å². The second kappa shape index (κ2) is 11.4. The predicted molar refractivity (Wildman–Crippen MR) is 146 cm³/mol. The third-order valence-electron chi connectivity index (χ3n) is 5.72. The van der Waals surface area contributed by atoms with Crippen molar-refractivity contribution in [2.75, 3.05) is 27.8 Å². The first kappa shape index (κ1) is 28.6. The van der Waals surface area contributed by atoms with E-state index in [2.05, 4.69) is 93.5 Å². The fourth-order valence-corrected chi connectivity index (χ4v) is 7.07. The lowest BCUT2D eigenvalue weighted by molar-refractivity contribution is 0.0505. The summed E-state index contributed by atoms with van der Waals surface area (Å²) in [5, 5.41) is 2.47. The Balaban J connectivity index is 2.94. The maximum atomic E-state index is 6.33. The summed E-state index contributed by atoms with van der Waals surface area (Å²) in [6.07, 6.45) is 0. The SMILES string of the molecule is COCOc1c(P(c2cc(C)cc(C(C)(C)C)c2OCOC)C(C)C)cc(C)cc1C(C)(C)C. The molecular formula is C29H45O4P. The highest BCUT2D eigenvalue weighted by molar-refractivity contribution is 7.74. The van der Waals surface area contributed by atoms with Crippen molar-refractivity contribution in [3.63, 3.8) is 0 Å². The second-order valence-corrected chi connectivity index (χ2v) is 14.1. The minimum absolute atomic E-state index is 0.0691. The molecule has 0 unspecified atom stereocenters. The van der Waals surface area contributed by atoms with Gasteiger partial charge in [0.25, 0.3) is 0 Å². The first-order valence-corrected chi connectivity index (χ1v) is 13.5. The van der Waals surface area contributed by atoms with Crippen LogP contribution in [0.1, 0.15) is 77.6 Å². The fourth-order valence-electron chi connectivity index (χ4n) is 4.21. The number of hydrogen-bond donors (Lipinski definition) is 0. The zero-order chi connectivity index (χ0) is 25.8. The third-order valence-corrected chi connectivity index (χ3v) is 8.46. The maximum absolute atomic E-state index is 6.33. The highest BCUT2D eigenvalue weighted by atomic mass is 31.1. The van der Waals surface area contributed by atoms with E-state index in [-0.39, 0.29) is 24.4 Å². The van der Waals surface area contributed by atoms with E-state index in [1.165, 1.54) is 32.9 Å². The number of ether oxygens (including phenoxy) is 4. The van der Waals surface area contributed by atoms with Crippen LogP contribution in [0.2, 0.25) is 0 Å². The quantitative estimate of drug-likeness (QED) is 0.291. The minimum atomic E-state index is -0.805. The predicted octanol–water partition coefficient (Wildman–Crippen LogP) is 6.70. The maximum Gasteiger partial charge on any atom is 0.188 e. The number of hydrogen-bond acceptors (Lipinski definition) is 4. The summed E-state index contributed by atoms with van der Waals surface area (Å²) in [4.78, 5) is 0. The first-order chi connectivity index (χ1) is 15.7. The Bertz CT molecular complexity index is 892. The van der Waals surface area contributed by atoms with Crippen LogP contribution in [0, 0.1) is 13.8 Å². The number of rotatable bonds is 9. The molecule has 0 heterocycles. The molecule has 0 amide bonds. The molecule has 0 aromatic heterocycles. The van der Waals surface area contributed by atoms with Gasteiger partial charge in [-0.1, -0.05) is 67.5 Å². The van der Waals surface area contributed by atoms with Gasteiger partial charge in [-0.25, -0.2) is 0 Å². The molecule has 0 atom stereocenters. The van der Waals surface area contributed by atoms with E-state index in [9.17, 15) is 0 Å². The third kappa shape index (κ3) is 6.74. The smallest absolute Gasteiger partial charge is 0.188 e. The zero-order valence-electron chi connectivity index (χ0n) is 23.4. The van der Waals surface area contributed by atoms with Crippen LogP contribution in [0.25, 0.3) is 0 Å². The Morgan fingerprint density at radius 3 is 1.29 bits per heavy atom. The highest BCUT2D eigenvalue weighted by Gasteiger charge is 2.32. The van der Waals surface area contributed by atoms with Crippen molar-refractivity contribution in [3.05, 3.63) is 46.5 Å². The zero-order valence-corrected chi connectivity index (χ0v) is 24.3. The van der Waals surface area contributed by atoms with Crippen LogP contribution in [-0.2, 0) is 20.3 Å². The Labute approximate surface area is 209 Å². The van der Waals surface area contributed by atoms with Crippen LogP contribution >= 0.6 is 7.92 Å². The Morgan fingerprint density at radius 1 is 0.676 bits per heavy atom. The van der Waals surface area contributed by atoms with Crippen molar-refractivity contribution in [2.24, 2.45) is 0 Å². The van der Waals surface area contributed by atoms with Crippen LogP contribution in [0.3, 0.4) is 0 Å². The molecule has 0 N–H and O–H groups in total. The minimum Gasteiger partial charge on any atom is -0.467 e. The van der Waals surface area contributed by atoms with Crippen LogP contribution in [-0.4, -0.2) is 33.5 Å². The molecule has 4 nitrogen and oxygen atoms in total. The summed E-state index contributed by atoms with van der Waals surface area (Å²) in [5.74, 6) is 1.88. The van der Waals surface area contributed by atoms with Gasteiger partial charge in [0.05, 0.1) is 0 Å². The van der Waals surface area contributed by atoms with E-state index in [0.29, 0.717) is 5.66 Å². The molecular weight excluding hydrogens is 443 g/mol. The Hall–Kier alpha value is -1.61.